The van der Waals surface area contributed by atoms with E-state index in [0.717, 1.165) is 31.1 Å². The minimum absolute atomic E-state index is 0.677. The molecule has 1 aromatic heterocycles. The van der Waals surface area contributed by atoms with Gasteiger partial charge in [-0.1, -0.05) is 6.92 Å². The van der Waals surface area contributed by atoms with Crippen molar-refractivity contribution in [1.82, 2.24) is 15.3 Å². The third-order valence-electron chi connectivity index (χ3n) is 3.23. The summed E-state index contributed by atoms with van der Waals surface area (Å²) in [6.45, 7) is 7.48. The number of anilines is 1. The van der Waals surface area contributed by atoms with Gasteiger partial charge in [0.1, 0.15) is 0 Å². The van der Waals surface area contributed by atoms with E-state index in [0.29, 0.717) is 6.04 Å². The van der Waals surface area contributed by atoms with Crippen molar-refractivity contribution in [2.24, 2.45) is 0 Å². The molecule has 4 heteroatoms. The van der Waals surface area contributed by atoms with Crippen molar-refractivity contribution in [1.29, 1.82) is 0 Å². The first kappa shape index (κ1) is 12.3. The van der Waals surface area contributed by atoms with E-state index >= 15 is 0 Å². The molecule has 0 unspecified atom stereocenters. The number of hydrogen-bond acceptors (Lipinski definition) is 4. The summed E-state index contributed by atoms with van der Waals surface area (Å²) < 4.78 is 0. The molecule has 0 bridgehead atoms. The average molecular weight is 234 g/mol. The highest BCUT2D eigenvalue weighted by atomic mass is 15.3. The smallest absolute Gasteiger partial charge is 0.225 e. The SMILES string of the molecule is CCCNC1CCN(c2ncc(C)cn2)CC1. The van der Waals surface area contributed by atoms with E-state index in [9.17, 15) is 0 Å². The minimum Gasteiger partial charge on any atom is -0.341 e. The van der Waals surface area contributed by atoms with Crippen LogP contribution >= 0.6 is 0 Å². The van der Waals surface area contributed by atoms with Gasteiger partial charge in [-0.05, 0) is 38.3 Å². The molecule has 0 aromatic carbocycles. The van der Waals surface area contributed by atoms with Crippen LogP contribution < -0.4 is 10.2 Å². The second kappa shape index (κ2) is 5.96. The molecule has 1 aliphatic rings. The van der Waals surface area contributed by atoms with Crippen LogP contribution in [-0.2, 0) is 0 Å². The Kier molecular flexibility index (Phi) is 4.31. The van der Waals surface area contributed by atoms with Gasteiger partial charge in [0.15, 0.2) is 0 Å². The highest BCUT2D eigenvalue weighted by molar-refractivity contribution is 5.30. The van der Waals surface area contributed by atoms with Gasteiger partial charge in [0.05, 0.1) is 0 Å². The van der Waals surface area contributed by atoms with Crippen LogP contribution in [0.3, 0.4) is 0 Å². The van der Waals surface area contributed by atoms with Crippen molar-refractivity contribution >= 4 is 5.95 Å². The van der Waals surface area contributed by atoms with Gasteiger partial charge in [0.25, 0.3) is 0 Å². The van der Waals surface area contributed by atoms with E-state index in [2.05, 4.69) is 27.1 Å². The topological polar surface area (TPSA) is 41.0 Å². The van der Waals surface area contributed by atoms with E-state index in [1.807, 2.05) is 19.3 Å². The number of rotatable bonds is 4. The standard InChI is InChI=1S/C13H22N4/c1-3-6-14-12-4-7-17(8-5-12)13-15-9-11(2)10-16-13/h9-10,12,14H,3-8H2,1-2H3. The summed E-state index contributed by atoms with van der Waals surface area (Å²) in [4.78, 5) is 11.0. The molecule has 0 saturated carbocycles. The number of hydrogen-bond donors (Lipinski definition) is 1. The zero-order chi connectivity index (χ0) is 12.1. The molecular weight excluding hydrogens is 212 g/mol. The Labute approximate surface area is 103 Å². The number of nitrogens with zero attached hydrogens (tertiary/aromatic N) is 3. The summed E-state index contributed by atoms with van der Waals surface area (Å²) in [6.07, 6.45) is 7.38. The first-order valence-electron chi connectivity index (χ1n) is 6.56. The van der Waals surface area contributed by atoms with Crippen LogP contribution in [-0.4, -0.2) is 35.6 Å². The van der Waals surface area contributed by atoms with E-state index in [1.165, 1.54) is 19.3 Å². The Morgan fingerprint density at radius 3 is 2.53 bits per heavy atom. The van der Waals surface area contributed by atoms with Crippen LogP contribution in [0.5, 0.6) is 0 Å². The lowest BCUT2D eigenvalue weighted by atomic mass is 10.1. The van der Waals surface area contributed by atoms with Crippen LogP contribution in [0.1, 0.15) is 31.7 Å². The number of nitrogens with one attached hydrogen (secondary N) is 1. The molecule has 0 aliphatic carbocycles. The number of piperidine rings is 1. The first-order chi connectivity index (χ1) is 8.29. The average Bonchev–Trinajstić information content (AvgIpc) is 2.38. The quantitative estimate of drug-likeness (QED) is 0.862. The third-order valence-corrected chi connectivity index (χ3v) is 3.23. The van der Waals surface area contributed by atoms with Crippen LogP contribution in [0.15, 0.2) is 12.4 Å². The Hall–Kier alpha value is -1.16. The van der Waals surface area contributed by atoms with E-state index < -0.39 is 0 Å². The molecule has 1 saturated heterocycles. The summed E-state index contributed by atoms with van der Waals surface area (Å²) in [5.74, 6) is 0.879. The predicted octanol–water partition coefficient (Wildman–Crippen LogP) is 1.75. The molecule has 2 rings (SSSR count). The monoisotopic (exact) mass is 234 g/mol. The Morgan fingerprint density at radius 1 is 1.29 bits per heavy atom. The highest BCUT2D eigenvalue weighted by Gasteiger charge is 2.19. The Balaban J connectivity index is 1.84. The minimum atomic E-state index is 0.677. The maximum absolute atomic E-state index is 4.38. The lowest BCUT2D eigenvalue weighted by Crippen LogP contribution is -2.43. The van der Waals surface area contributed by atoms with E-state index in [-0.39, 0.29) is 0 Å². The fourth-order valence-electron chi connectivity index (χ4n) is 2.18. The molecule has 0 radical (unpaired) electrons. The summed E-state index contributed by atoms with van der Waals surface area (Å²) in [7, 11) is 0. The Bertz CT molecular complexity index is 328. The molecule has 1 aliphatic heterocycles. The van der Waals surface area contributed by atoms with Crippen molar-refractivity contribution in [2.45, 2.75) is 39.2 Å². The van der Waals surface area contributed by atoms with Gasteiger partial charge in [-0.2, -0.15) is 0 Å². The van der Waals surface area contributed by atoms with Gasteiger partial charge >= 0.3 is 0 Å². The van der Waals surface area contributed by atoms with Crippen molar-refractivity contribution in [3.63, 3.8) is 0 Å². The van der Waals surface area contributed by atoms with Crippen LogP contribution in [0, 0.1) is 6.92 Å². The lowest BCUT2D eigenvalue weighted by Gasteiger charge is -2.32. The van der Waals surface area contributed by atoms with Gasteiger partial charge in [-0.25, -0.2) is 9.97 Å². The predicted molar refractivity (Wildman–Crippen MR) is 70.3 cm³/mol. The molecule has 2 heterocycles. The van der Waals surface area contributed by atoms with Gasteiger partial charge in [0, 0.05) is 31.5 Å². The molecule has 0 atom stereocenters. The molecule has 0 amide bonds. The second-order valence-corrected chi connectivity index (χ2v) is 4.78. The lowest BCUT2D eigenvalue weighted by molar-refractivity contribution is 0.413. The van der Waals surface area contributed by atoms with Crippen LogP contribution in [0.25, 0.3) is 0 Å². The number of aromatic nitrogens is 2. The molecular formula is C13H22N4. The van der Waals surface area contributed by atoms with E-state index in [4.69, 9.17) is 0 Å². The van der Waals surface area contributed by atoms with Gasteiger partial charge in [-0.15, -0.1) is 0 Å². The van der Waals surface area contributed by atoms with E-state index in [1.54, 1.807) is 0 Å². The first-order valence-corrected chi connectivity index (χ1v) is 6.56. The van der Waals surface area contributed by atoms with Crippen molar-refractivity contribution in [2.75, 3.05) is 24.5 Å². The molecule has 17 heavy (non-hydrogen) atoms. The summed E-state index contributed by atoms with van der Waals surface area (Å²) in [6, 6.07) is 0.677. The Morgan fingerprint density at radius 2 is 1.94 bits per heavy atom. The van der Waals surface area contributed by atoms with Crippen molar-refractivity contribution in [3.05, 3.63) is 18.0 Å². The van der Waals surface area contributed by atoms with Crippen LogP contribution in [0.4, 0.5) is 5.95 Å². The molecule has 1 aromatic rings. The maximum atomic E-state index is 4.38. The third kappa shape index (κ3) is 3.40. The second-order valence-electron chi connectivity index (χ2n) is 4.78. The maximum Gasteiger partial charge on any atom is 0.225 e. The fourth-order valence-corrected chi connectivity index (χ4v) is 2.18. The normalized spacial score (nSPS) is 17.4. The zero-order valence-electron chi connectivity index (χ0n) is 10.8. The largest absolute Gasteiger partial charge is 0.341 e. The van der Waals surface area contributed by atoms with Gasteiger partial charge in [0.2, 0.25) is 5.95 Å². The summed E-state index contributed by atoms with van der Waals surface area (Å²) in [5.41, 5.74) is 1.12. The molecule has 1 fully saturated rings. The molecule has 94 valence electrons. The van der Waals surface area contributed by atoms with Gasteiger partial charge in [-0.3, -0.25) is 0 Å². The molecule has 4 nitrogen and oxygen atoms in total. The van der Waals surface area contributed by atoms with Crippen LogP contribution in [0.2, 0.25) is 0 Å². The van der Waals surface area contributed by atoms with Crippen molar-refractivity contribution in [3.8, 4) is 0 Å². The molecule has 0 spiro atoms. The van der Waals surface area contributed by atoms with Crippen molar-refractivity contribution < 1.29 is 0 Å². The van der Waals surface area contributed by atoms with Gasteiger partial charge < -0.3 is 10.2 Å². The zero-order valence-corrected chi connectivity index (χ0v) is 10.8. The summed E-state index contributed by atoms with van der Waals surface area (Å²) >= 11 is 0. The highest BCUT2D eigenvalue weighted by Crippen LogP contribution is 2.15. The number of aryl methyl sites for hydroxylation is 1. The fraction of sp³-hybridized carbons (Fsp3) is 0.692. The summed E-state index contributed by atoms with van der Waals surface area (Å²) in [5, 5.41) is 3.58. The molecule has 1 N–H and O–H groups in total.